The first kappa shape index (κ1) is 23.8. The van der Waals surface area contributed by atoms with E-state index >= 15 is 4.39 Å². The van der Waals surface area contributed by atoms with Crippen molar-refractivity contribution in [3.8, 4) is 0 Å². The highest BCUT2D eigenvalue weighted by molar-refractivity contribution is 5.76. The smallest absolute Gasteiger partial charge is 0.310 e. The highest BCUT2D eigenvalue weighted by Gasteiger charge is 2.69. The maximum atomic E-state index is 15.9. The lowest BCUT2D eigenvalue weighted by Gasteiger charge is -2.70. The zero-order valence-corrected chi connectivity index (χ0v) is 21.6. The van der Waals surface area contributed by atoms with Crippen molar-refractivity contribution < 1.29 is 19.4 Å². The molecule has 0 radical (unpaired) electrons. The second-order valence-corrected chi connectivity index (χ2v) is 14.4. The molecule has 0 amide bonds. The van der Waals surface area contributed by atoms with Crippen LogP contribution in [0.1, 0.15) is 106 Å². The van der Waals surface area contributed by atoms with Crippen molar-refractivity contribution in [2.24, 2.45) is 44.8 Å². The number of aliphatic hydroxyl groups is 1. The van der Waals surface area contributed by atoms with Crippen LogP contribution < -0.4 is 0 Å². The number of halogens is 1. The summed E-state index contributed by atoms with van der Waals surface area (Å²) in [6, 6.07) is 0. The second kappa shape index (κ2) is 6.86. The topological polar surface area (TPSA) is 57.5 Å². The molecule has 4 unspecified atom stereocenters. The lowest BCUT2D eigenvalue weighted by molar-refractivity contribution is -0.213. The minimum absolute atomic E-state index is 0.0347. The molecule has 4 heteroatoms. The summed E-state index contributed by atoms with van der Waals surface area (Å²) in [5.41, 5.74) is -0.692. The van der Waals surface area contributed by atoms with E-state index < -0.39 is 23.2 Å². The molecule has 9 atom stereocenters. The number of rotatable bonds is 1. The molecule has 3 nitrogen and oxygen atoms in total. The van der Waals surface area contributed by atoms with E-state index in [0.717, 1.165) is 57.8 Å². The molecule has 0 bridgehead atoms. The molecule has 0 spiro atoms. The predicted octanol–water partition coefficient (Wildman–Crippen LogP) is 6.94. The third-order valence-corrected chi connectivity index (χ3v) is 12.6. The fourth-order valence-corrected chi connectivity index (χ4v) is 10.2. The minimum Gasteiger partial charge on any atom is -0.481 e. The Hall–Kier alpha value is -0.900. The second-order valence-electron chi connectivity index (χ2n) is 14.4. The molecule has 0 aliphatic heterocycles. The number of carbonyl (C=O) groups is 1. The van der Waals surface area contributed by atoms with Gasteiger partial charge in [0.15, 0.2) is 0 Å². The van der Waals surface area contributed by atoms with Crippen LogP contribution in [-0.4, -0.2) is 28.0 Å². The van der Waals surface area contributed by atoms with Crippen molar-refractivity contribution >= 4 is 5.97 Å². The quantitative estimate of drug-likeness (QED) is 0.417. The van der Waals surface area contributed by atoms with Gasteiger partial charge >= 0.3 is 5.97 Å². The first-order chi connectivity index (χ1) is 15.1. The summed E-state index contributed by atoms with van der Waals surface area (Å²) in [5, 5.41) is 21.0. The molecule has 33 heavy (non-hydrogen) atoms. The van der Waals surface area contributed by atoms with Crippen molar-refractivity contribution in [3.63, 3.8) is 0 Å². The van der Waals surface area contributed by atoms with Gasteiger partial charge in [0, 0.05) is 5.92 Å². The molecule has 4 saturated carbocycles. The van der Waals surface area contributed by atoms with Crippen LogP contribution in [0.25, 0.3) is 0 Å². The summed E-state index contributed by atoms with van der Waals surface area (Å²) in [7, 11) is 0. The zero-order valence-electron chi connectivity index (χ0n) is 21.6. The molecule has 0 aromatic heterocycles. The lowest BCUT2D eigenvalue weighted by atomic mass is 9.34. The molecule has 0 heterocycles. The van der Waals surface area contributed by atoms with Gasteiger partial charge < -0.3 is 10.2 Å². The van der Waals surface area contributed by atoms with E-state index in [4.69, 9.17) is 0 Å². The number of carboxylic acids is 1. The fraction of sp³-hybridized carbons (Fsp3) is 0.897. The van der Waals surface area contributed by atoms with Gasteiger partial charge in [0.05, 0.1) is 11.5 Å². The lowest BCUT2D eigenvalue weighted by Crippen LogP contribution is -2.66. The summed E-state index contributed by atoms with van der Waals surface area (Å²) >= 11 is 0. The number of alkyl halides is 1. The van der Waals surface area contributed by atoms with Crippen LogP contribution in [0.15, 0.2) is 11.6 Å². The van der Waals surface area contributed by atoms with Gasteiger partial charge in [0.25, 0.3) is 0 Å². The zero-order chi connectivity index (χ0) is 24.2. The van der Waals surface area contributed by atoms with Crippen LogP contribution in [0.4, 0.5) is 4.39 Å². The van der Waals surface area contributed by atoms with Crippen molar-refractivity contribution in [2.75, 3.05) is 0 Å². The largest absolute Gasteiger partial charge is 0.481 e. The molecule has 5 aliphatic rings. The third-order valence-electron chi connectivity index (χ3n) is 12.6. The number of allylic oxidation sites excluding steroid dienone is 2. The van der Waals surface area contributed by atoms with Crippen LogP contribution in [0, 0.1) is 44.8 Å². The highest BCUT2D eigenvalue weighted by Crippen LogP contribution is 2.75. The van der Waals surface area contributed by atoms with Crippen molar-refractivity contribution in [2.45, 2.75) is 118 Å². The monoisotopic (exact) mass is 460 g/mol. The molecule has 2 N–H and O–H groups in total. The molecule has 5 aliphatic carbocycles. The molecule has 4 fully saturated rings. The SMILES string of the molecule is CC1(C)CC[C@]2(C(=O)O)CC[C@]3(C)C(=CCC4[C@@]5(C)CCC(O)[C@](C)(F)C5CC[C@]43C)C2C1. The molecule has 0 aromatic rings. The van der Waals surface area contributed by atoms with E-state index in [9.17, 15) is 15.0 Å². The van der Waals surface area contributed by atoms with Gasteiger partial charge in [-0.05, 0) is 105 Å². The molecule has 186 valence electrons. The predicted molar refractivity (Wildman–Crippen MR) is 128 cm³/mol. The summed E-state index contributed by atoms with van der Waals surface area (Å²) in [4.78, 5) is 12.7. The van der Waals surface area contributed by atoms with Crippen LogP contribution >= 0.6 is 0 Å². The Labute approximate surface area is 199 Å². The standard InChI is InChI=1S/C29H45FO3/c1-24(2)13-15-29(23(32)33)16-14-26(4)18(19(29)17-24)7-8-20-25(3)11-10-22(31)28(6,30)21(25)9-12-27(20,26)5/h7,19-22,31H,8-17H2,1-6H3,(H,32,33)/t19?,20?,21?,22?,25-,26-,27-,28-,29+/m1/s1. The third kappa shape index (κ3) is 2.85. The number of aliphatic hydroxyl groups excluding tert-OH is 1. The van der Waals surface area contributed by atoms with Crippen LogP contribution in [0.3, 0.4) is 0 Å². The maximum Gasteiger partial charge on any atom is 0.310 e. The highest BCUT2D eigenvalue weighted by atomic mass is 19.1. The number of hydrogen-bond acceptors (Lipinski definition) is 2. The summed E-state index contributed by atoms with van der Waals surface area (Å²) in [6.07, 6.45) is 10.1. The van der Waals surface area contributed by atoms with Crippen molar-refractivity contribution in [1.82, 2.24) is 0 Å². The van der Waals surface area contributed by atoms with Crippen molar-refractivity contribution in [3.05, 3.63) is 11.6 Å². The number of fused-ring (bicyclic) bond motifs is 7. The van der Waals surface area contributed by atoms with Gasteiger partial charge in [-0.1, -0.05) is 46.3 Å². The molecular formula is C29H45FO3. The molecular weight excluding hydrogens is 415 g/mol. The Bertz CT molecular complexity index is 891. The minimum atomic E-state index is -1.53. The Balaban J connectivity index is 1.60. The van der Waals surface area contributed by atoms with E-state index in [1.54, 1.807) is 6.92 Å². The Morgan fingerprint density at radius 1 is 0.939 bits per heavy atom. The Morgan fingerprint density at radius 2 is 1.61 bits per heavy atom. The summed E-state index contributed by atoms with van der Waals surface area (Å²) in [5.74, 6) is -0.224. The Morgan fingerprint density at radius 3 is 2.27 bits per heavy atom. The molecule has 5 rings (SSSR count). The van der Waals surface area contributed by atoms with E-state index in [1.165, 1.54) is 5.57 Å². The van der Waals surface area contributed by atoms with Crippen LogP contribution in [0.5, 0.6) is 0 Å². The van der Waals surface area contributed by atoms with Gasteiger partial charge in [0.1, 0.15) is 5.67 Å². The van der Waals surface area contributed by atoms with Crippen LogP contribution in [0.2, 0.25) is 0 Å². The number of hydrogen-bond donors (Lipinski definition) is 2. The average Bonchev–Trinajstić information content (AvgIpc) is 2.71. The molecule has 0 aromatic carbocycles. The fourth-order valence-electron chi connectivity index (χ4n) is 10.2. The molecule has 0 saturated heterocycles. The normalized spacial score (nSPS) is 55.3. The summed E-state index contributed by atoms with van der Waals surface area (Å²) < 4.78 is 15.9. The van der Waals surface area contributed by atoms with Crippen LogP contribution in [-0.2, 0) is 4.79 Å². The Kier molecular flexibility index (Phi) is 4.95. The van der Waals surface area contributed by atoms with Gasteiger partial charge in [-0.2, -0.15) is 0 Å². The van der Waals surface area contributed by atoms with E-state index in [-0.39, 0.29) is 33.5 Å². The number of carboxylic acid groups (broad SMARTS) is 1. The van der Waals surface area contributed by atoms with E-state index in [0.29, 0.717) is 12.3 Å². The first-order valence-electron chi connectivity index (χ1n) is 13.5. The van der Waals surface area contributed by atoms with Gasteiger partial charge in [-0.3, -0.25) is 4.79 Å². The van der Waals surface area contributed by atoms with Gasteiger partial charge in [0.2, 0.25) is 0 Å². The van der Waals surface area contributed by atoms with Gasteiger partial charge in [-0.15, -0.1) is 0 Å². The van der Waals surface area contributed by atoms with E-state index in [1.807, 2.05) is 0 Å². The van der Waals surface area contributed by atoms with Gasteiger partial charge in [-0.25, -0.2) is 4.39 Å². The summed E-state index contributed by atoms with van der Waals surface area (Å²) in [6.45, 7) is 13.4. The van der Waals surface area contributed by atoms with E-state index in [2.05, 4.69) is 40.7 Å². The van der Waals surface area contributed by atoms with Crippen molar-refractivity contribution in [1.29, 1.82) is 0 Å². The number of aliphatic carboxylic acids is 1. The maximum absolute atomic E-state index is 15.9. The average molecular weight is 461 g/mol. The first-order valence-corrected chi connectivity index (χ1v) is 13.5.